The van der Waals surface area contributed by atoms with Gasteiger partial charge in [0.25, 0.3) is 0 Å². The van der Waals surface area contributed by atoms with Crippen molar-refractivity contribution in [2.75, 3.05) is 33.7 Å². The molecule has 2 fully saturated rings. The van der Waals surface area contributed by atoms with Crippen LogP contribution in [0.4, 0.5) is 0 Å². The first-order chi connectivity index (χ1) is 8.95. The zero-order valence-electron chi connectivity index (χ0n) is 12.6. The molecule has 1 amide bonds. The monoisotopic (exact) mass is 267 g/mol. The van der Waals surface area contributed by atoms with E-state index in [9.17, 15) is 4.79 Å². The molecule has 0 aromatic carbocycles. The second kappa shape index (κ2) is 6.23. The summed E-state index contributed by atoms with van der Waals surface area (Å²) in [6.07, 6.45) is 4.18. The van der Waals surface area contributed by atoms with E-state index in [0.717, 1.165) is 38.9 Å². The molecule has 4 atom stereocenters. The Balaban J connectivity index is 1.84. The number of amides is 1. The minimum atomic E-state index is 0.155. The minimum absolute atomic E-state index is 0.155. The van der Waals surface area contributed by atoms with Crippen molar-refractivity contribution in [2.45, 2.75) is 38.6 Å². The summed E-state index contributed by atoms with van der Waals surface area (Å²) in [6, 6.07) is 0.212. The fourth-order valence-corrected chi connectivity index (χ4v) is 3.82. The summed E-state index contributed by atoms with van der Waals surface area (Å²) in [4.78, 5) is 16.8. The second-order valence-corrected chi connectivity index (χ2v) is 6.90. The van der Waals surface area contributed by atoms with Gasteiger partial charge in [-0.1, -0.05) is 6.92 Å². The average molecular weight is 267 g/mol. The Kier molecular flexibility index (Phi) is 4.85. The molecule has 19 heavy (non-hydrogen) atoms. The molecule has 0 aromatic heterocycles. The number of nitrogens with two attached hydrogens (primary N) is 1. The van der Waals surface area contributed by atoms with Gasteiger partial charge >= 0.3 is 0 Å². The van der Waals surface area contributed by atoms with Gasteiger partial charge in [-0.05, 0) is 51.1 Å². The van der Waals surface area contributed by atoms with Gasteiger partial charge in [-0.3, -0.25) is 4.79 Å². The Morgan fingerprint density at radius 3 is 2.68 bits per heavy atom. The second-order valence-electron chi connectivity index (χ2n) is 6.90. The Morgan fingerprint density at radius 1 is 1.37 bits per heavy atom. The molecule has 1 heterocycles. The van der Waals surface area contributed by atoms with Gasteiger partial charge in [0.05, 0.1) is 0 Å². The van der Waals surface area contributed by atoms with Crippen LogP contribution in [-0.2, 0) is 4.79 Å². The number of carbonyl (C=O) groups is 1. The number of hydrogen-bond acceptors (Lipinski definition) is 3. The number of rotatable bonds is 3. The van der Waals surface area contributed by atoms with Crippen molar-refractivity contribution >= 4 is 5.91 Å². The maximum Gasteiger partial charge on any atom is 0.225 e. The van der Waals surface area contributed by atoms with Gasteiger partial charge in [0, 0.05) is 32.1 Å². The van der Waals surface area contributed by atoms with Gasteiger partial charge in [-0.2, -0.15) is 0 Å². The van der Waals surface area contributed by atoms with E-state index in [-0.39, 0.29) is 12.0 Å². The van der Waals surface area contributed by atoms with Crippen molar-refractivity contribution in [3.8, 4) is 0 Å². The molecular formula is C15H29N3O. The smallest absolute Gasteiger partial charge is 0.225 e. The summed E-state index contributed by atoms with van der Waals surface area (Å²) < 4.78 is 0. The van der Waals surface area contributed by atoms with E-state index >= 15 is 0 Å². The Hall–Kier alpha value is -0.610. The van der Waals surface area contributed by atoms with Crippen LogP contribution in [0.2, 0.25) is 0 Å². The topological polar surface area (TPSA) is 49.6 Å². The van der Waals surface area contributed by atoms with Crippen LogP contribution in [0.1, 0.15) is 32.6 Å². The van der Waals surface area contributed by atoms with Crippen LogP contribution >= 0.6 is 0 Å². The molecule has 2 aliphatic rings. The maximum absolute atomic E-state index is 12.5. The van der Waals surface area contributed by atoms with Gasteiger partial charge in [-0.15, -0.1) is 0 Å². The van der Waals surface area contributed by atoms with Crippen LogP contribution in [0.5, 0.6) is 0 Å². The fraction of sp³-hybridized carbons (Fsp3) is 0.933. The van der Waals surface area contributed by atoms with Crippen LogP contribution in [0.15, 0.2) is 0 Å². The number of nitrogens with zero attached hydrogens (tertiary/aromatic N) is 2. The van der Waals surface area contributed by atoms with E-state index in [1.165, 1.54) is 6.42 Å². The van der Waals surface area contributed by atoms with Crippen molar-refractivity contribution < 1.29 is 4.79 Å². The average Bonchev–Trinajstić information content (AvgIpc) is 2.72. The SMILES string of the molecule is CC1CC(N)CC(C(=O)N(C)CC2CCN(C)C2)C1. The van der Waals surface area contributed by atoms with Crippen molar-refractivity contribution in [1.82, 2.24) is 9.80 Å². The quantitative estimate of drug-likeness (QED) is 0.835. The summed E-state index contributed by atoms with van der Waals surface area (Å²) in [5.41, 5.74) is 6.06. The van der Waals surface area contributed by atoms with Gasteiger partial charge in [0.2, 0.25) is 5.91 Å². The molecule has 0 radical (unpaired) electrons. The standard InChI is InChI=1S/C15H29N3O/c1-11-6-13(8-14(16)7-11)15(19)18(3)10-12-4-5-17(2)9-12/h11-14H,4-10,16H2,1-3H3. The third-order valence-corrected chi connectivity index (χ3v) is 4.73. The van der Waals surface area contributed by atoms with Crippen LogP contribution < -0.4 is 5.73 Å². The molecule has 4 unspecified atom stereocenters. The summed E-state index contributed by atoms with van der Waals surface area (Å²) in [5.74, 6) is 1.71. The number of hydrogen-bond donors (Lipinski definition) is 1. The van der Waals surface area contributed by atoms with Gasteiger partial charge in [-0.25, -0.2) is 0 Å². The summed E-state index contributed by atoms with van der Waals surface area (Å²) in [6.45, 7) is 5.41. The van der Waals surface area contributed by atoms with E-state index in [4.69, 9.17) is 5.73 Å². The van der Waals surface area contributed by atoms with E-state index in [1.807, 2.05) is 11.9 Å². The first kappa shape index (κ1) is 14.8. The highest BCUT2D eigenvalue weighted by Gasteiger charge is 2.32. The predicted molar refractivity (Wildman–Crippen MR) is 77.7 cm³/mol. The van der Waals surface area contributed by atoms with Crippen LogP contribution in [0, 0.1) is 17.8 Å². The lowest BCUT2D eigenvalue weighted by Gasteiger charge is -2.33. The maximum atomic E-state index is 12.5. The molecule has 4 heteroatoms. The summed E-state index contributed by atoms with van der Waals surface area (Å²) >= 11 is 0. The fourth-order valence-electron chi connectivity index (χ4n) is 3.82. The van der Waals surface area contributed by atoms with Gasteiger partial charge < -0.3 is 15.5 Å². The highest BCUT2D eigenvalue weighted by molar-refractivity contribution is 5.78. The largest absolute Gasteiger partial charge is 0.345 e. The number of likely N-dealkylation sites (tertiary alicyclic amines) is 1. The van der Waals surface area contributed by atoms with E-state index in [2.05, 4.69) is 18.9 Å². The van der Waals surface area contributed by atoms with E-state index < -0.39 is 0 Å². The van der Waals surface area contributed by atoms with Crippen LogP contribution in [-0.4, -0.2) is 55.5 Å². The highest BCUT2D eigenvalue weighted by atomic mass is 16.2. The first-order valence-electron chi connectivity index (χ1n) is 7.64. The lowest BCUT2D eigenvalue weighted by molar-refractivity contribution is -0.136. The highest BCUT2D eigenvalue weighted by Crippen LogP contribution is 2.29. The van der Waals surface area contributed by atoms with Crippen molar-refractivity contribution in [1.29, 1.82) is 0 Å². The Bertz CT molecular complexity index is 311. The van der Waals surface area contributed by atoms with Crippen molar-refractivity contribution in [2.24, 2.45) is 23.5 Å². The van der Waals surface area contributed by atoms with Gasteiger partial charge in [0.1, 0.15) is 0 Å². The molecule has 0 aromatic rings. The molecule has 2 N–H and O–H groups in total. The molecular weight excluding hydrogens is 238 g/mol. The van der Waals surface area contributed by atoms with Gasteiger partial charge in [0.15, 0.2) is 0 Å². The first-order valence-corrected chi connectivity index (χ1v) is 7.64. The molecule has 0 bridgehead atoms. The van der Waals surface area contributed by atoms with E-state index in [1.54, 1.807) is 0 Å². The molecule has 1 aliphatic heterocycles. The lowest BCUT2D eigenvalue weighted by atomic mass is 9.79. The summed E-state index contributed by atoms with van der Waals surface area (Å²) in [5, 5.41) is 0. The molecule has 1 aliphatic carbocycles. The molecule has 1 saturated carbocycles. The van der Waals surface area contributed by atoms with E-state index in [0.29, 0.717) is 17.7 Å². The predicted octanol–water partition coefficient (Wildman–Crippen LogP) is 1.16. The molecule has 0 spiro atoms. The van der Waals surface area contributed by atoms with Crippen LogP contribution in [0.25, 0.3) is 0 Å². The normalized spacial score (nSPS) is 36.4. The minimum Gasteiger partial charge on any atom is -0.345 e. The molecule has 110 valence electrons. The van der Waals surface area contributed by atoms with Crippen LogP contribution in [0.3, 0.4) is 0 Å². The third-order valence-electron chi connectivity index (χ3n) is 4.73. The Labute approximate surface area is 117 Å². The molecule has 4 nitrogen and oxygen atoms in total. The molecule has 1 saturated heterocycles. The zero-order valence-corrected chi connectivity index (χ0v) is 12.6. The summed E-state index contributed by atoms with van der Waals surface area (Å²) in [7, 11) is 4.12. The lowest BCUT2D eigenvalue weighted by Crippen LogP contribution is -2.42. The Morgan fingerprint density at radius 2 is 2.11 bits per heavy atom. The van der Waals surface area contributed by atoms with Crippen molar-refractivity contribution in [3.05, 3.63) is 0 Å². The zero-order chi connectivity index (χ0) is 14.0. The third kappa shape index (κ3) is 3.93. The molecule has 2 rings (SSSR count). The number of carbonyl (C=O) groups excluding carboxylic acids is 1. The van der Waals surface area contributed by atoms with Crippen molar-refractivity contribution in [3.63, 3.8) is 0 Å².